The summed E-state index contributed by atoms with van der Waals surface area (Å²) in [6.45, 7) is 3.92. The molecule has 0 aliphatic carbocycles. The minimum Gasteiger partial charge on any atom is -0.465 e. The predicted octanol–water partition coefficient (Wildman–Crippen LogP) is 6.12. The molecule has 0 spiro atoms. The van der Waals surface area contributed by atoms with Crippen LogP contribution in [0.4, 0.5) is 0 Å². The molecule has 0 saturated heterocycles. The van der Waals surface area contributed by atoms with Gasteiger partial charge in [-0.25, -0.2) is 0 Å². The van der Waals surface area contributed by atoms with E-state index in [0.29, 0.717) is 6.42 Å². The Balaban J connectivity index is 3.73. The number of unbranched alkanes of at least 4 members (excludes halogenated alkanes) is 14. The van der Waals surface area contributed by atoms with Gasteiger partial charge in [0, 0.05) is 0 Å². The first kappa shape index (κ1) is 30.6. The number of allylic oxidation sites excluding steroid dienone is 1. The maximum atomic E-state index is 12.0. The van der Waals surface area contributed by atoms with Crippen LogP contribution in [0.5, 0.6) is 0 Å². The highest BCUT2D eigenvalue weighted by Gasteiger charge is 2.35. The maximum Gasteiger partial charge on any atom is 0.327 e. The van der Waals surface area contributed by atoms with E-state index in [0.717, 1.165) is 25.5 Å². The lowest BCUT2D eigenvalue weighted by molar-refractivity contribution is -0.147. The van der Waals surface area contributed by atoms with E-state index in [9.17, 15) is 22.6 Å². The number of carbonyl (C=O) groups excluding carboxylic acids is 2. The molecule has 0 heterocycles. The summed E-state index contributed by atoms with van der Waals surface area (Å²) < 4.78 is 41.5. The van der Waals surface area contributed by atoms with Crippen LogP contribution in [0.3, 0.4) is 0 Å². The molecule has 8 heteroatoms. The molecule has 0 aliphatic heterocycles. The minimum atomic E-state index is -4.76. The highest BCUT2D eigenvalue weighted by Crippen LogP contribution is 2.14. The third kappa shape index (κ3) is 18.2. The van der Waals surface area contributed by atoms with Crippen molar-refractivity contribution < 1.29 is 32.0 Å². The quantitative estimate of drug-likeness (QED) is 0.0919. The molecule has 0 bridgehead atoms. The van der Waals surface area contributed by atoms with Gasteiger partial charge in [-0.1, -0.05) is 103 Å². The molecule has 0 aromatic carbocycles. The van der Waals surface area contributed by atoms with Crippen molar-refractivity contribution in [3.8, 4) is 0 Å². The van der Waals surface area contributed by atoms with Crippen molar-refractivity contribution in [3.05, 3.63) is 12.3 Å². The van der Waals surface area contributed by atoms with E-state index in [1.807, 2.05) is 0 Å². The predicted molar refractivity (Wildman–Crippen MR) is 127 cm³/mol. The molecule has 0 aliphatic rings. The lowest BCUT2D eigenvalue weighted by Gasteiger charge is -2.12. The Bertz CT molecular complexity index is 614. The zero-order chi connectivity index (χ0) is 24.1. The molecule has 0 saturated carbocycles. The highest BCUT2D eigenvalue weighted by atomic mass is 32.2. The van der Waals surface area contributed by atoms with Gasteiger partial charge in [0.05, 0.1) is 19.3 Å². The molecule has 7 nitrogen and oxygen atoms in total. The van der Waals surface area contributed by atoms with Gasteiger partial charge in [-0.2, -0.15) is 8.42 Å². The third-order valence-corrected chi connectivity index (χ3v) is 6.38. The molecule has 1 unspecified atom stereocenters. The fraction of sp³-hybridized carbons (Fsp3) is 0.833. The molecular weight excluding hydrogens is 432 g/mol. The first-order valence-electron chi connectivity index (χ1n) is 12.3. The molecule has 0 radical (unpaired) electrons. The number of rotatable bonds is 21. The monoisotopic (exact) mass is 476 g/mol. The number of esters is 2. The zero-order valence-electron chi connectivity index (χ0n) is 20.1. The summed E-state index contributed by atoms with van der Waals surface area (Å²) in [6.07, 6.45) is 19.9. The minimum absolute atomic E-state index is 0.0625. The second kappa shape index (κ2) is 20.2. The second-order valence-corrected chi connectivity index (χ2v) is 9.88. The molecular formula is C24H44O7S. The van der Waals surface area contributed by atoms with E-state index in [1.165, 1.54) is 76.7 Å². The van der Waals surface area contributed by atoms with Gasteiger partial charge in [0.1, 0.15) is 0 Å². The Morgan fingerprint density at radius 3 is 1.66 bits per heavy atom. The number of carbonyl (C=O) groups is 2. The maximum absolute atomic E-state index is 12.0. The van der Waals surface area contributed by atoms with Crippen LogP contribution in [0.1, 0.15) is 117 Å². The van der Waals surface area contributed by atoms with E-state index in [4.69, 9.17) is 4.74 Å². The van der Waals surface area contributed by atoms with Crippen molar-refractivity contribution in [2.45, 2.75) is 122 Å². The van der Waals surface area contributed by atoms with Crippen LogP contribution < -0.4 is 0 Å². The van der Waals surface area contributed by atoms with E-state index in [2.05, 4.69) is 11.7 Å². The Labute approximate surface area is 195 Å². The summed E-state index contributed by atoms with van der Waals surface area (Å²) in [7, 11) is -4.76. The van der Waals surface area contributed by atoms with Gasteiger partial charge in [-0.05, 0) is 13.3 Å². The molecule has 0 rings (SSSR count). The topological polar surface area (TPSA) is 107 Å². The van der Waals surface area contributed by atoms with Gasteiger partial charge in [0.25, 0.3) is 10.1 Å². The van der Waals surface area contributed by atoms with Crippen LogP contribution in [-0.2, 0) is 29.2 Å². The van der Waals surface area contributed by atoms with E-state index >= 15 is 0 Å². The first-order chi connectivity index (χ1) is 15.3. The van der Waals surface area contributed by atoms with Crippen LogP contribution in [-0.4, -0.2) is 36.8 Å². The van der Waals surface area contributed by atoms with Gasteiger partial charge >= 0.3 is 11.9 Å². The number of ether oxygens (including phenoxy) is 2. The Kier molecular flexibility index (Phi) is 19.3. The molecule has 32 heavy (non-hydrogen) atoms. The van der Waals surface area contributed by atoms with Gasteiger partial charge in [-0.15, -0.1) is 0 Å². The summed E-state index contributed by atoms with van der Waals surface area (Å²) in [4.78, 5) is 23.5. The van der Waals surface area contributed by atoms with Crippen molar-refractivity contribution in [2.24, 2.45) is 0 Å². The molecule has 0 amide bonds. The molecule has 188 valence electrons. The van der Waals surface area contributed by atoms with Crippen LogP contribution in [0.25, 0.3) is 0 Å². The molecule has 0 fully saturated rings. The molecule has 0 aromatic heterocycles. The van der Waals surface area contributed by atoms with Crippen molar-refractivity contribution in [1.29, 1.82) is 0 Å². The highest BCUT2D eigenvalue weighted by molar-refractivity contribution is 7.87. The van der Waals surface area contributed by atoms with Gasteiger partial charge in [0.15, 0.2) is 5.25 Å². The second-order valence-electron chi connectivity index (χ2n) is 8.28. The average Bonchev–Trinajstić information content (AvgIpc) is 2.74. The zero-order valence-corrected chi connectivity index (χ0v) is 20.9. The van der Waals surface area contributed by atoms with Crippen molar-refractivity contribution in [3.63, 3.8) is 0 Å². The van der Waals surface area contributed by atoms with Crippen LogP contribution in [0.15, 0.2) is 12.3 Å². The summed E-state index contributed by atoms with van der Waals surface area (Å²) in [5.74, 6) is -2.06. The average molecular weight is 477 g/mol. The Morgan fingerprint density at radius 2 is 1.25 bits per heavy atom. The smallest absolute Gasteiger partial charge is 0.327 e. The van der Waals surface area contributed by atoms with Crippen LogP contribution >= 0.6 is 0 Å². The fourth-order valence-corrected chi connectivity index (χ4v) is 4.05. The van der Waals surface area contributed by atoms with Crippen LogP contribution in [0.2, 0.25) is 0 Å². The molecule has 1 N–H and O–H groups in total. The van der Waals surface area contributed by atoms with Crippen molar-refractivity contribution >= 4 is 22.1 Å². The lowest BCUT2D eigenvalue weighted by atomic mass is 10.0. The summed E-state index contributed by atoms with van der Waals surface area (Å²) in [6, 6.07) is 0. The van der Waals surface area contributed by atoms with Crippen molar-refractivity contribution in [2.75, 3.05) is 6.61 Å². The van der Waals surface area contributed by atoms with Gasteiger partial charge in [-0.3, -0.25) is 14.1 Å². The standard InChI is InChI=1S/C24H44O7S/c1-3-5-6-7-8-9-10-11-12-13-14-15-16-17-18-20-31-24(26)22(32(27,28)29)21-23(25)30-19-4-2/h4,19,22H,3,5-18,20-21H2,1-2H3,(H,27,28,29)/b19-4+. The third-order valence-electron chi connectivity index (χ3n) is 5.30. The van der Waals surface area contributed by atoms with E-state index < -0.39 is 33.7 Å². The van der Waals surface area contributed by atoms with Gasteiger partial charge < -0.3 is 9.47 Å². The fourth-order valence-electron chi connectivity index (χ4n) is 3.39. The lowest BCUT2D eigenvalue weighted by Crippen LogP contribution is -2.34. The van der Waals surface area contributed by atoms with E-state index in [-0.39, 0.29) is 6.61 Å². The summed E-state index contributed by atoms with van der Waals surface area (Å²) in [5, 5.41) is -1.96. The molecule has 0 aromatic rings. The Hall–Kier alpha value is -1.41. The van der Waals surface area contributed by atoms with Gasteiger partial charge in [0.2, 0.25) is 0 Å². The summed E-state index contributed by atoms with van der Waals surface area (Å²) in [5.41, 5.74) is 0. The largest absolute Gasteiger partial charge is 0.465 e. The molecule has 1 atom stereocenters. The summed E-state index contributed by atoms with van der Waals surface area (Å²) >= 11 is 0. The van der Waals surface area contributed by atoms with Crippen LogP contribution in [0, 0.1) is 0 Å². The normalized spacial score (nSPS) is 12.7. The number of hydrogen-bond acceptors (Lipinski definition) is 6. The first-order valence-corrected chi connectivity index (χ1v) is 13.8. The van der Waals surface area contributed by atoms with E-state index in [1.54, 1.807) is 6.92 Å². The SMILES string of the molecule is C/C=C/OC(=O)CC(C(=O)OCCCCCCCCCCCCCCCCC)S(=O)(=O)O. The Morgan fingerprint density at radius 1 is 0.812 bits per heavy atom. The van der Waals surface area contributed by atoms with Crippen molar-refractivity contribution in [1.82, 2.24) is 0 Å². The number of hydrogen-bond donors (Lipinski definition) is 1.